The minimum atomic E-state index is -0.0946. The minimum absolute atomic E-state index is 0.0872. The maximum atomic E-state index is 13.1. The quantitative estimate of drug-likeness (QED) is 0.108. The van der Waals surface area contributed by atoms with Crippen LogP contribution in [0, 0.1) is 0 Å². The fraction of sp³-hybridized carbons (Fsp3) is 0.394. The predicted molar refractivity (Wildman–Crippen MR) is 189 cm³/mol. The average molecular weight is 705 g/mol. The molecular weight excluding hydrogens is 669 g/mol. The van der Waals surface area contributed by atoms with E-state index in [-0.39, 0.29) is 17.9 Å². The van der Waals surface area contributed by atoms with Crippen LogP contribution in [0.1, 0.15) is 73.8 Å². The van der Waals surface area contributed by atoms with Crippen LogP contribution < -0.4 is 14.8 Å². The van der Waals surface area contributed by atoms with E-state index in [1.165, 1.54) is 42.4 Å². The van der Waals surface area contributed by atoms with Crippen LogP contribution >= 0.6 is 58.5 Å². The Hall–Kier alpha value is -2.63. The molecule has 0 radical (unpaired) electrons. The fourth-order valence-corrected chi connectivity index (χ4v) is 7.84. The number of nitrogens with zero attached hydrogens (tertiary/aromatic N) is 2. The molecule has 2 fully saturated rings. The molecule has 0 unspecified atom stereocenters. The van der Waals surface area contributed by atoms with Gasteiger partial charge in [0, 0.05) is 40.5 Å². The van der Waals surface area contributed by atoms with Crippen molar-refractivity contribution in [3.05, 3.63) is 73.5 Å². The molecule has 2 amide bonds. The number of thiazole rings is 1. The van der Waals surface area contributed by atoms with E-state index < -0.39 is 0 Å². The Balaban J connectivity index is 1.05. The summed E-state index contributed by atoms with van der Waals surface area (Å²) in [4.78, 5) is 33.2. The van der Waals surface area contributed by atoms with E-state index in [0.717, 1.165) is 47.4 Å². The van der Waals surface area contributed by atoms with Crippen molar-refractivity contribution in [1.82, 2.24) is 9.88 Å². The normalized spacial score (nSPS) is 16.4. The van der Waals surface area contributed by atoms with Gasteiger partial charge >= 0.3 is 0 Å². The Labute approximate surface area is 287 Å². The van der Waals surface area contributed by atoms with E-state index in [1.807, 2.05) is 30.3 Å². The van der Waals surface area contributed by atoms with Gasteiger partial charge in [-0.25, -0.2) is 4.98 Å². The van der Waals surface area contributed by atoms with Gasteiger partial charge in [0.05, 0.1) is 18.1 Å². The van der Waals surface area contributed by atoms with E-state index in [9.17, 15) is 9.59 Å². The van der Waals surface area contributed by atoms with Gasteiger partial charge in [0.15, 0.2) is 16.6 Å². The smallest absolute Gasteiger partial charge is 0.266 e. The number of thiocarbonyl (C=S) groups is 1. The van der Waals surface area contributed by atoms with E-state index in [0.29, 0.717) is 56.0 Å². The van der Waals surface area contributed by atoms with Gasteiger partial charge in [0.25, 0.3) is 5.91 Å². The fourth-order valence-electron chi connectivity index (χ4n) is 5.31. The summed E-state index contributed by atoms with van der Waals surface area (Å²) < 4.78 is 12.4. The molecule has 2 aromatic carbocycles. The third-order valence-corrected chi connectivity index (χ3v) is 10.6. The van der Waals surface area contributed by atoms with E-state index in [2.05, 4.69) is 10.3 Å². The van der Waals surface area contributed by atoms with Gasteiger partial charge in [-0.05, 0) is 86.1 Å². The molecule has 45 heavy (non-hydrogen) atoms. The van der Waals surface area contributed by atoms with E-state index >= 15 is 0 Å². The van der Waals surface area contributed by atoms with Crippen molar-refractivity contribution in [1.29, 1.82) is 0 Å². The van der Waals surface area contributed by atoms with Gasteiger partial charge < -0.3 is 14.8 Å². The zero-order valence-corrected chi connectivity index (χ0v) is 28.9. The largest absolute Gasteiger partial charge is 0.493 e. The first-order valence-electron chi connectivity index (χ1n) is 15.1. The number of hydrogen-bond acceptors (Lipinski definition) is 8. The molecule has 1 saturated heterocycles. The van der Waals surface area contributed by atoms with Crippen molar-refractivity contribution in [3.63, 3.8) is 0 Å². The number of ether oxygens (including phenoxy) is 2. The summed E-state index contributed by atoms with van der Waals surface area (Å²) in [7, 11) is 1.63. The van der Waals surface area contributed by atoms with Gasteiger partial charge in [0.2, 0.25) is 5.91 Å². The molecule has 5 rings (SSSR count). The monoisotopic (exact) mass is 703 g/mol. The van der Waals surface area contributed by atoms with Crippen LogP contribution in [0.25, 0.3) is 6.08 Å². The predicted octanol–water partition coefficient (Wildman–Crippen LogP) is 9.16. The second-order valence-corrected chi connectivity index (χ2v) is 14.7. The Morgan fingerprint density at radius 1 is 1.11 bits per heavy atom. The number of amides is 2. The molecule has 0 spiro atoms. The van der Waals surface area contributed by atoms with Crippen molar-refractivity contribution in [3.8, 4) is 11.5 Å². The number of unbranched alkanes of at least 4 members (excludes halogenated alkanes) is 2. The lowest BCUT2D eigenvalue weighted by Gasteiger charge is -2.24. The molecule has 1 aromatic heterocycles. The number of thioether (sulfide) groups is 1. The average Bonchev–Trinajstić information content (AvgIpc) is 3.58. The van der Waals surface area contributed by atoms with Crippen molar-refractivity contribution < 1.29 is 19.1 Å². The first kappa shape index (κ1) is 33.7. The maximum Gasteiger partial charge on any atom is 0.266 e. The first-order valence-corrected chi connectivity index (χ1v) is 17.9. The minimum Gasteiger partial charge on any atom is -0.493 e. The lowest BCUT2D eigenvalue weighted by Crippen LogP contribution is -2.29. The van der Waals surface area contributed by atoms with Gasteiger partial charge in [-0.15, -0.1) is 11.3 Å². The molecule has 1 aliphatic carbocycles. The van der Waals surface area contributed by atoms with E-state index in [4.69, 9.17) is 44.9 Å². The molecular formula is C33H35Cl2N3O4S3. The molecule has 1 N–H and O–H groups in total. The van der Waals surface area contributed by atoms with Crippen LogP contribution in [0.5, 0.6) is 11.5 Å². The Morgan fingerprint density at radius 3 is 2.73 bits per heavy atom. The first-order chi connectivity index (χ1) is 21.8. The van der Waals surface area contributed by atoms with Gasteiger partial charge in [-0.2, -0.15) is 0 Å². The molecule has 0 bridgehead atoms. The Morgan fingerprint density at radius 2 is 1.93 bits per heavy atom. The number of halogens is 2. The number of aromatic nitrogens is 1. The molecule has 0 atom stereocenters. The summed E-state index contributed by atoms with van der Waals surface area (Å²) in [5.74, 6) is 1.21. The molecule has 12 heteroatoms. The molecule has 7 nitrogen and oxygen atoms in total. The zero-order valence-electron chi connectivity index (χ0n) is 25.0. The lowest BCUT2D eigenvalue weighted by atomic mass is 9.98. The SMILES string of the molecule is COc1cc(/C=C2\SC(=S)N(CCCCCC(=O)Nc3ncc(Cc4cc(Cl)ccc4Cl)s3)C2=O)ccc1OC1CCCCC1. The number of nitrogens with one attached hydrogen (secondary N) is 1. The van der Waals surface area contributed by atoms with E-state index in [1.54, 1.807) is 30.3 Å². The highest BCUT2D eigenvalue weighted by atomic mass is 35.5. The summed E-state index contributed by atoms with van der Waals surface area (Å²) in [6, 6.07) is 11.1. The molecule has 1 aliphatic heterocycles. The number of methoxy groups -OCH3 is 1. The molecule has 1 saturated carbocycles. The summed E-state index contributed by atoms with van der Waals surface area (Å²) in [6.07, 6.45) is 12.8. The molecule has 2 heterocycles. The highest BCUT2D eigenvalue weighted by Crippen LogP contribution is 2.36. The number of carbonyl (C=O) groups is 2. The van der Waals surface area contributed by atoms with Gasteiger partial charge in [0.1, 0.15) is 4.32 Å². The number of hydrogen-bond donors (Lipinski definition) is 1. The second-order valence-electron chi connectivity index (χ2n) is 11.0. The van der Waals surface area contributed by atoms with Crippen molar-refractivity contribution >= 4 is 85.9 Å². The van der Waals surface area contributed by atoms with Crippen molar-refractivity contribution in [2.75, 3.05) is 19.0 Å². The Bertz CT molecular complexity index is 1570. The number of anilines is 1. The van der Waals surface area contributed by atoms with Crippen LogP contribution in [0.2, 0.25) is 10.0 Å². The lowest BCUT2D eigenvalue weighted by molar-refractivity contribution is -0.122. The number of carbonyl (C=O) groups excluding carboxylic acids is 2. The maximum absolute atomic E-state index is 13.1. The van der Waals surface area contributed by atoms with Gasteiger partial charge in [-0.3, -0.25) is 14.5 Å². The highest BCUT2D eigenvalue weighted by molar-refractivity contribution is 8.26. The highest BCUT2D eigenvalue weighted by Gasteiger charge is 2.31. The summed E-state index contributed by atoms with van der Waals surface area (Å²) in [5, 5.41) is 4.71. The summed E-state index contributed by atoms with van der Waals surface area (Å²) in [5.41, 5.74) is 1.77. The summed E-state index contributed by atoms with van der Waals surface area (Å²) in [6.45, 7) is 0.517. The third-order valence-electron chi connectivity index (χ3n) is 7.66. The van der Waals surface area contributed by atoms with Gasteiger partial charge in [-0.1, -0.05) is 66.1 Å². The third kappa shape index (κ3) is 9.45. The van der Waals surface area contributed by atoms with Crippen LogP contribution in [-0.4, -0.2) is 45.8 Å². The standard InChI is InChI=1S/C33H35Cl2N3O4S3/c1-41-28-16-21(11-14-27(28)42-24-8-4-2-5-9-24)17-29-31(40)38(33(43)45-29)15-7-3-6-10-30(39)37-32-36-20-25(44-32)19-22-18-23(34)12-13-26(22)35/h11-14,16-18,20,24H,2-10,15,19H2,1H3,(H,36,37,39)/b29-17-. The molecule has 3 aromatic rings. The number of rotatable bonds is 13. The van der Waals surface area contributed by atoms with Crippen LogP contribution in [0.15, 0.2) is 47.5 Å². The van der Waals surface area contributed by atoms with Crippen LogP contribution in [0.4, 0.5) is 5.13 Å². The van der Waals surface area contributed by atoms with Crippen molar-refractivity contribution in [2.24, 2.45) is 0 Å². The molecule has 2 aliphatic rings. The topological polar surface area (TPSA) is 80.8 Å². The number of benzene rings is 2. The van der Waals surface area contributed by atoms with Crippen LogP contribution in [0.3, 0.4) is 0 Å². The zero-order chi connectivity index (χ0) is 31.8. The molecule has 238 valence electrons. The summed E-state index contributed by atoms with van der Waals surface area (Å²) >= 11 is 20.6. The van der Waals surface area contributed by atoms with Crippen LogP contribution in [-0.2, 0) is 16.0 Å². The van der Waals surface area contributed by atoms with Crippen molar-refractivity contribution in [2.45, 2.75) is 70.3 Å². The second kappa shape index (κ2) is 16.3. The Kier molecular flexibility index (Phi) is 12.2.